The number of rotatable bonds is 6. The Bertz CT molecular complexity index is 928. The summed E-state index contributed by atoms with van der Waals surface area (Å²) in [5, 5.41) is 9.07. The molecule has 174 valence electrons. The van der Waals surface area contributed by atoms with Crippen molar-refractivity contribution in [3.63, 3.8) is 0 Å². The summed E-state index contributed by atoms with van der Waals surface area (Å²) in [7, 11) is 0. The van der Waals surface area contributed by atoms with E-state index in [1.165, 1.54) is 19.9 Å². The molecule has 32 heavy (non-hydrogen) atoms. The molecule has 1 saturated carbocycles. The molecular weight excluding hydrogens is 416 g/mol. The number of aliphatic carboxylic acids is 1. The molecule has 2 bridgehead atoms. The van der Waals surface area contributed by atoms with Gasteiger partial charge in [-0.2, -0.15) is 0 Å². The summed E-state index contributed by atoms with van der Waals surface area (Å²) in [4.78, 5) is 49.2. The van der Waals surface area contributed by atoms with Crippen LogP contribution in [0.1, 0.15) is 59.8 Å². The summed E-state index contributed by atoms with van der Waals surface area (Å²) in [6, 6.07) is 0. The molecule has 3 aliphatic rings. The molecular formula is C24H30O8. The predicted molar refractivity (Wildman–Crippen MR) is 113 cm³/mol. The van der Waals surface area contributed by atoms with Gasteiger partial charge in [-0.1, -0.05) is 18.2 Å². The molecule has 1 heterocycles. The van der Waals surface area contributed by atoms with E-state index in [1.54, 1.807) is 32.1 Å². The zero-order valence-corrected chi connectivity index (χ0v) is 18.9. The SMILES string of the molecule is CCOC(=O)C1=CC[C@]23CC[C@H]([C@](C)(/C=C/C=C(\C)C(=O)O)OC2=O)[C@]3(OC(C)=O)CC1. The maximum absolute atomic E-state index is 13.5. The van der Waals surface area contributed by atoms with Gasteiger partial charge in [0, 0.05) is 24.0 Å². The average molecular weight is 446 g/mol. The van der Waals surface area contributed by atoms with E-state index >= 15 is 0 Å². The largest absolute Gasteiger partial charge is 0.478 e. The minimum atomic E-state index is -1.14. The Hall–Kier alpha value is -2.90. The van der Waals surface area contributed by atoms with Crippen molar-refractivity contribution in [2.75, 3.05) is 6.61 Å². The lowest BCUT2D eigenvalue weighted by Crippen LogP contribution is -2.65. The van der Waals surface area contributed by atoms with Gasteiger partial charge in [0.1, 0.15) is 16.6 Å². The molecule has 0 aromatic heterocycles. The summed E-state index contributed by atoms with van der Waals surface area (Å²) >= 11 is 0. The third-order valence-corrected chi connectivity index (χ3v) is 7.06. The van der Waals surface area contributed by atoms with Gasteiger partial charge in [-0.15, -0.1) is 0 Å². The van der Waals surface area contributed by atoms with Crippen molar-refractivity contribution in [3.05, 3.63) is 35.5 Å². The first kappa shape index (κ1) is 23.8. The number of carbonyl (C=O) groups excluding carboxylic acids is 3. The maximum Gasteiger partial charge on any atom is 0.333 e. The number of hydrogen-bond acceptors (Lipinski definition) is 7. The van der Waals surface area contributed by atoms with Crippen molar-refractivity contribution in [2.24, 2.45) is 11.3 Å². The fourth-order valence-electron chi connectivity index (χ4n) is 5.54. The highest BCUT2D eigenvalue weighted by Crippen LogP contribution is 2.65. The monoisotopic (exact) mass is 446 g/mol. The van der Waals surface area contributed by atoms with Gasteiger partial charge in [0.2, 0.25) is 0 Å². The van der Waals surface area contributed by atoms with E-state index in [2.05, 4.69) is 0 Å². The van der Waals surface area contributed by atoms with Crippen LogP contribution in [0.2, 0.25) is 0 Å². The second-order valence-electron chi connectivity index (χ2n) is 8.90. The smallest absolute Gasteiger partial charge is 0.333 e. The van der Waals surface area contributed by atoms with Crippen LogP contribution in [-0.4, -0.2) is 46.8 Å². The summed E-state index contributed by atoms with van der Waals surface area (Å²) in [5.74, 6) is -2.79. The van der Waals surface area contributed by atoms with E-state index in [0.717, 1.165) is 0 Å². The lowest BCUT2D eigenvalue weighted by Gasteiger charge is -2.54. The molecule has 2 fully saturated rings. The average Bonchev–Trinajstić information content (AvgIpc) is 2.84. The van der Waals surface area contributed by atoms with E-state index in [-0.39, 0.29) is 24.5 Å². The molecule has 0 unspecified atom stereocenters. The molecule has 0 radical (unpaired) electrons. The number of carbonyl (C=O) groups is 4. The second-order valence-corrected chi connectivity index (χ2v) is 8.90. The van der Waals surface area contributed by atoms with Gasteiger partial charge in [0.15, 0.2) is 0 Å². The first-order chi connectivity index (χ1) is 15.0. The van der Waals surface area contributed by atoms with Crippen LogP contribution >= 0.6 is 0 Å². The van der Waals surface area contributed by atoms with Crippen molar-refractivity contribution in [1.29, 1.82) is 0 Å². The van der Waals surface area contributed by atoms with E-state index in [0.29, 0.717) is 31.3 Å². The molecule has 0 aromatic carbocycles. The van der Waals surface area contributed by atoms with E-state index in [1.807, 2.05) is 0 Å². The first-order valence-corrected chi connectivity index (χ1v) is 10.9. The lowest BCUT2D eigenvalue weighted by molar-refractivity contribution is -0.235. The summed E-state index contributed by atoms with van der Waals surface area (Å²) in [6.07, 6.45) is 8.26. The van der Waals surface area contributed by atoms with Crippen LogP contribution in [0.5, 0.6) is 0 Å². The van der Waals surface area contributed by atoms with Crippen LogP contribution in [0.3, 0.4) is 0 Å². The van der Waals surface area contributed by atoms with Crippen molar-refractivity contribution in [1.82, 2.24) is 0 Å². The Morgan fingerprint density at radius 1 is 1.28 bits per heavy atom. The summed E-state index contributed by atoms with van der Waals surface area (Å²) in [5.41, 5.74) is -2.70. The number of cyclic esters (lactones) is 1. The molecule has 3 rings (SSSR count). The predicted octanol–water partition coefficient (Wildman–Crippen LogP) is 3.26. The maximum atomic E-state index is 13.5. The fraction of sp³-hybridized carbons (Fsp3) is 0.583. The number of carboxylic acid groups (broad SMARTS) is 1. The quantitative estimate of drug-likeness (QED) is 0.286. The van der Waals surface area contributed by atoms with Crippen molar-refractivity contribution in [3.8, 4) is 0 Å². The Balaban J connectivity index is 2.05. The number of esters is 3. The van der Waals surface area contributed by atoms with E-state index in [4.69, 9.17) is 19.3 Å². The Morgan fingerprint density at radius 2 is 2.00 bits per heavy atom. The fourth-order valence-corrected chi connectivity index (χ4v) is 5.54. The third kappa shape index (κ3) is 3.76. The van der Waals surface area contributed by atoms with E-state index in [9.17, 15) is 19.2 Å². The molecule has 2 aliphatic carbocycles. The van der Waals surface area contributed by atoms with Crippen molar-refractivity contribution >= 4 is 23.9 Å². The molecule has 8 nitrogen and oxygen atoms in total. The molecule has 1 N–H and O–H groups in total. The number of hydrogen-bond donors (Lipinski definition) is 1. The van der Waals surface area contributed by atoms with E-state index < -0.39 is 40.5 Å². The van der Waals surface area contributed by atoms with Gasteiger partial charge < -0.3 is 19.3 Å². The number of ether oxygens (including phenoxy) is 3. The minimum Gasteiger partial charge on any atom is -0.478 e. The molecule has 0 spiro atoms. The van der Waals surface area contributed by atoms with Gasteiger partial charge in [-0.05, 0) is 59.0 Å². The molecule has 4 atom stereocenters. The van der Waals surface area contributed by atoms with Crippen LogP contribution in [-0.2, 0) is 33.4 Å². The Morgan fingerprint density at radius 3 is 2.62 bits per heavy atom. The van der Waals surface area contributed by atoms with Gasteiger partial charge >= 0.3 is 23.9 Å². The van der Waals surface area contributed by atoms with Gasteiger partial charge in [-0.3, -0.25) is 9.59 Å². The zero-order valence-electron chi connectivity index (χ0n) is 18.9. The second kappa shape index (κ2) is 8.56. The lowest BCUT2D eigenvalue weighted by atomic mass is 9.62. The minimum absolute atomic E-state index is 0.139. The van der Waals surface area contributed by atoms with Gasteiger partial charge in [0.25, 0.3) is 0 Å². The zero-order chi connectivity index (χ0) is 23.7. The summed E-state index contributed by atoms with van der Waals surface area (Å²) < 4.78 is 17.1. The first-order valence-electron chi connectivity index (χ1n) is 10.9. The van der Waals surface area contributed by atoms with Crippen LogP contribution in [0.25, 0.3) is 0 Å². The Labute approximate surface area is 187 Å². The van der Waals surface area contributed by atoms with Crippen molar-refractivity contribution in [2.45, 2.75) is 71.0 Å². The normalized spacial score (nSPS) is 34.2. The van der Waals surface area contributed by atoms with Crippen LogP contribution < -0.4 is 0 Å². The Kier molecular flexibility index (Phi) is 6.36. The van der Waals surface area contributed by atoms with Gasteiger partial charge in [-0.25, -0.2) is 9.59 Å². The van der Waals surface area contributed by atoms with Crippen LogP contribution in [0, 0.1) is 11.3 Å². The molecule has 0 amide bonds. The summed E-state index contributed by atoms with van der Waals surface area (Å²) in [6.45, 7) is 6.51. The van der Waals surface area contributed by atoms with Gasteiger partial charge in [0.05, 0.1) is 6.61 Å². The highest BCUT2D eigenvalue weighted by atomic mass is 16.6. The molecule has 8 heteroatoms. The number of allylic oxidation sites excluding steroid dienone is 3. The topological polar surface area (TPSA) is 116 Å². The highest BCUT2D eigenvalue weighted by molar-refractivity contribution is 5.90. The van der Waals surface area contributed by atoms with Crippen LogP contribution in [0.4, 0.5) is 0 Å². The molecule has 1 aliphatic heterocycles. The van der Waals surface area contributed by atoms with Crippen LogP contribution in [0.15, 0.2) is 35.5 Å². The molecule has 0 aromatic rings. The number of carboxylic acids is 1. The third-order valence-electron chi connectivity index (χ3n) is 7.06. The highest BCUT2D eigenvalue weighted by Gasteiger charge is 2.74. The standard InChI is InChI=1S/C24H30O8/c1-5-30-20(28)17-8-12-23-13-10-18(24(23,14-9-17)31-16(3)25)22(4,32-21(23)29)11-6-7-15(2)19(26)27/h6-8,11,18H,5,9-10,12-14H2,1-4H3,(H,26,27)/b11-6+,15-7+/t18-,22+,23+,24-/m1/s1. The van der Waals surface area contributed by atoms with Crippen molar-refractivity contribution < 1.29 is 38.5 Å². The molecule has 1 saturated heterocycles.